The van der Waals surface area contributed by atoms with Crippen LogP contribution in [0.4, 0.5) is 0 Å². The minimum absolute atomic E-state index is 0.0531. The van der Waals surface area contributed by atoms with E-state index in [9.17, 15) is 4.79 Å². The molecule has 0 radical (unpaired) electrons. The highest BCUT2D eigenvalue weighted by Gasteiger charge is 2.10. The van der Waals surface area contributed by atoms with Crippen molar-refractivity contribution in [1.29, 1.82) is 0 Å². The summed E-state index contributed by atoms with van der Waals surface area (Å²) in [5.41, 5.74) is 0. The maximum atomic E-state index is 11.4. The zero-order valence-electron chi connectivity index (χ0n) is 10.3. The van der Waals surface area contributed by atoms with Crippen LogP contribution in [0.5, 0.6) is 0 Å². The van der Waals surface area contributed by atoms with Gasteiger partial charge in [-0.3, -0.25) is 9.69 Å². The smallest absolute Gasteiger partial charge is 0.240 e. The molecular weight excluding hydrogens is 220 g/mol. The summed E-state index contributed by atoms with van der Waals surface area (Å²) < 4.78 is 5.04. The molecule has 0 bridgehead atoms. The maximum absolute atomic E-state index is 11.4. The summed E-state index contributed by atoms with van der Waals surface area (Å²) in [6.07, 6.45) is 2.39. The van der Waals surface area contributed by atoms with Gasteiger partial charge >= 0.3 is 0 Å². The van der Waals surface area contributed by atoms with Gasteiger partial charge in [0.1, 0.15) is 0 Å². The van der Waals surface area contributed by atoms with Gasteiger partial charge in [-0.05, 0) is 7.05 Å². The van der Waals surface area contributed by atoms with Crippen LogP contribution >= 0.6 is 0 Å². The summed E-state index contributed by atoms with van der Waals surface area (Å²) in [4.78, 5) is 17.4. The van der Waals surface area contributed by atoms with Crippen molar-refractivity contribution in [2.45, 2.75) is 19.9 Å². The SMILES string of the molecule is C=CCNC(=O)CN(C)Cc1nc(CC)no1. The third-order valence-electron chi connectivity index (χ3n) is 2.09. The van der Waals surface area contributed by atoms with Crippen molar-refractivity contribution in [2.24, 2.45) is 0 Å². The van der Waals surface area contributed by atoms with Crippen molar-refractivity contribution < 1.29 is 9.32 Å². The fourth-order valence-corrected chi connectivity index (χ4v) is 1.27. The Kier molecular flexibility index (Phi) is 5.35. The van der Waals surface area contributed by atoms with Crippen molar-refractivity contribution in [3.05, 3.63) is 24.4 Å². The minimum atomic E-state index is -0.0531. The van der Waals surface area contributed by atoms with Crippen LogP contribution in [-0.4, -0.2) is 41.1 Å². The van der Waals surface area contributed by atoms with Crippen molar-refractivity contribution in [1.82, 2.24) is 20.4 Å². The number of carbonyl (C=O) groups is 1. The molecule has 1 amide bonds. The van der Waals surface area contributed by atoms with Crippen molar-refractivity contribution >= 4 is 5.91 Å². The van der Waals surface area contributed by atoms with E-state index in [1.54, 1.807) is 6.08 Å². The highest BCUT2D eigenvalue weighted by molar-refractivity contribution is 5.78. The first-order valence-corrected chi connectivity index (χ1v) is 5.53. The molecular formula is C11H18N4O2. The predicted octanol–water partition coefficient (Wildman–Crippen LogP) is 0.366. The van der Waals surface area contributed by atoms with Gasteiger partial charge in [-0.2, -0.15) is 4.98 Å². The van der Waals surface area contributed by atoms with E-state index in [1.165, 1.54) is 0 Å². The molecule has 0 fully saturated rings. The first-order chi connectivity index (χ1) is 8.15. The maximum Gasteiger partial charge on any atom is 0.240 e. The molecule has 1 N–H and O–H groups in total. The molecule has 0 spiro atoms. The van der Waals surface area contributed by atoms with Gasteiger partial charge in [-0.15, -0.1) is 6.58 Å². The summed E-state index contributed by atoms with van der Waals surface area (Å²) in [5.74, 6) is 1.16. The summed E-state index contributed by atoms with van der Waals surface area (Å²) in [5, 5.41) is 6.49. The Morgan fingerprint density at radius 2 is 2.41 bits per heavy atom. The molecule has 1 heterocycles. The number of hydrogen-bond donors (Lipinski definition) is 1. The van der Waals surface area contributed by atoms with Crippen LogP contribution in [0.3, 0.4) is 0 Å². The fourth-order valence-electron chi connectivity index (χ4n) is 1.27. The summed E-state index contributed by atoms with van der Waals surface area (Å²) in [6.45, 7) is 6.73. The van der Waals surface area contributed by atoms with E-state index in [-0.39, 0.29) is 12.5 Å². The molecule has 0 aromatic carbocycles. The number of nitrogens with zero attached hydrogens (tertiary/aromatic N) is 3. The van der Waals surface area contributed by atoms with E-state index in [1.807, 2.05) is 18.9 Å². The molecule has 6 nitrogen and oxygen atoms in total. The van der Waals surface area contributed by atoms with Crippen molar-refractivity contribution in [3.63, 3.8) is 0 Å². The lowest BCUT2D eigenvalue weighted by atomic mass is 10.4. The summed E-state index contributed by atoms with van der Waals surface area (Å²) in [7, 11) is 1.82. The number of carbonyl (C=O) groups excluding carboxylic acids is 1. The second-order valence-corrected chi connectivity index (χ2v) is 3.72. The molecule has 6 heteroatoms. The molecule has 94 valence electrons. The zero-order valence-corrected chi connectivity index (χ0v) is 10.3. The van der Waals surface area contributed by atoms with Gasteiger partial charge in [0.2, 0.25) is 11.8 Å². The molecule has 17 heavy (non-hydrogen) atoms. The number of rotatable bonds is 7. The Balaban J connectivity index is 2.35. The third kappa shape index (κ3) is 4.78. The van der Waals surface area contributed by atoms with Gasteiger partial charge in [-0.1, -0.05) is 18.2 Å². The van der Waals surface area contributed by atoms with Crippen LogP contribution in [0.1, 0.15) is 18.6 Å². The van der Waals surface area contributed by atoms with Crippen LogP contribution in [-0.2, 0) is 17.8 Å². The Hall–Kier alpha value is -1.69. The lowest BCUT2D eigenvalue weighted by molar-refractivity contribution is -0.121. The van der Waals surface area contributed by atoms with Gasteiger partial charge in [0.15, 0.2) is 5.82 Å². The molecule has 1 aromatic rings. The molecule has 1 aromatic heterocycles. The van der Waals surface area contributed by atoms with Gasteiger partial charge < -0.3 is 9.84 Å². The average molecular weight is 238 g/mol. The number of nitrogens with one attached hydrogen (secondary N) is 1. The number of hydrogen-bond acceptors (Lipinski definition) is 5. The largest absolute Gasteiger partial charge is 0.352 e. The Morgan fingerprint density at radius 3 is 3.00 bits per heavy atom. The van der Waals surface area contributed by atoms with Crippen LogP contribution in [0.15, 0.2) is 17.2 Å². The standard InChI is InChI=1S/C11H18N4O2/c1-4-6-12-10(16)7-15(3)8-11-13-9(5-2)14-17-11/h4H,1,5-8H2,2-3H3,(H,12,16). The second-order valence-electron chi connectivity index (χ2n) is 3.72. The molecule has 0 aliphatic rings. The number of aryl methyl sites for hydroxylation is 1. The molecule has 1 rings (SSSR count). The predicted molar refractivity (Wildman–Crippen MR) is 63.2 cm³/mol. The first-order valence-electron chi connectivity index (χ1n) is 5.53. The first kappa shape index (κ1) is 13.4. The number of amides is 1. The molecule has 0 atom stereocenters. The van der Waals surface area contributed by atoms with Gasteiger partial charge in [-0.25, -0.2) is 0 Å². The van der Waals surface area contributed by atoms with Crippen LogP contribution in [0.25, 0.3) is 0 Å². The van der Waals surface area contributed by atoms with Gasteiger partial charge in [0.05, 0.1) is 13.1 Å². The van der Waals surface area contributed by atoms with E-state index in [0.717, 1.165) is 6.42 Å². The molecule has 0 aliphatic carbocycles. The van der Waals surface area contributed by atoms with Crippen LogP contribution < -0.4 is 5.32 Å². The van der Waals surface area contributed by atoms with Gasteiger partial charge in [0, 0.05) is 13.0 Å². The number of aromatic nitrogens is 2. The average Bonchev–Trinajstić information content (AvgIpc) is 2.73. The second kappa shape index (κ2) is 6.80. The van der Waals surface area contributed by atoms with E-state index < -0.39 is 0 Å². The lowest BCUT2D eigenvalue weighted by Gasteiger charge is -2.13. The normalized spacial score (nSPS) is 10.5. The summed E-state index contributed by atoms with van der Waals surface area (Å²) >= 11 is 0. The van der Waals surface area contributed by atoms with E-state index >= 15 is 0 Å². The molecule has 0 aliphatic heterocycles. The Labute approximate surface area is 101 Å². The molecule has 0 saturated heterocycles. The fraction of sp³-hybridized carbons (Fsp3) is 0.545. The Bertz CT molecular complexity index is 375. The summed E-state index contributed by atoms with van der Waals surface area (Å²) in [6, 6.07) is 0. The van der Waals surface area contributed by atoms with E-state index in [4.69, 9.17) is 4.52 Å². The zero-order chi connectivity index (χ0) is 12.7. The highest BCUT2D eigenvalue weighted by Crippen LogP contribution is 2.01. The molecule has 0 unspecified atom stereocenters. The van der Waals surface area contributed by atoms with Crippen molar-refractivity contribution in [2.75, 3.05) is 20.1 Å². The number of likely N-dealkylation sites (N-methyl/N-ethyl adjacent to an activating group) is 1. The lowest BCUT2D eigenvalue weighted by Crippen LogP contribution is -2.34. The van der Waals surface area contributed by atoms with Gasteiger partial charge in [0.25, 0.3) is 0 Å². The monoisotopic (exact) mass is 238 g/mol. The van der Waals surface area contributed by atoms with E-state index in [2.05, 4.69) is 22.0 Å². The molecule has 0 saturated carbocycles. The van der Waals surface area contributed by atoms with Crippen molar-refractivity contribution in [3.8, 4) is 0 Å². The third-order valence-corrected chi connectivity index (χ3v) is 2.09. The Morgan fingerprint density at radius 1 is 1.65 bits per heavy atom. The minimum Gasteiger partial charge on any atom is -0.352 e. The highest BCUT2D eigenvalue weighted by atomic mass is 16.5. The quantitative estimate of drug-likeness (QED) is 0.695. The van der Waals surface area contributed by atoms with Crippen LogP contribution in [0, 0.1) is 0 Å². The topological polar surface area (TPSA) is 71.3 Å². The van der Waals surface area contributed by atoms with Crippen LogP contribution in [0.2, 0.25) is 0 Å². The van der Waals surface area contributed by atoms with E-state index in [0.29, 0.717) is 24.8 Å².